The summed E-state index contributed by atoms with van der Waals surface area (Å²) in [6, 6.07) is 62.6. The maximum absolute atomic E-state index is 6.29. The van der Waals surface area contributed by atoms with Crippen molar-refractivity contribution in [3.05, 3.63) is 176 Å². The molecule has 0 aliphatic rings. The molecule has 250 valence electrons. The van der Waals surface area contributed by atoms with Crippen LogP contribution in [0.25, 0.3) is 116 Å². The van der Waals surface area contributed by atoms with Crippen LogP contribution in [-0.4, -0.2) is 14.5 Å². The van der Waals surface area contributed by atoms with E-state index in [4.69, 9.17) is 14.4 Å². The summed E-state index contributed by atoms with van der Waals surface area (Å²) in [4.78, 5) is 10.6. The van der Waals surface area contributed by atoms with Crippen molar-refractivity contribution in [2.24, 2.45) is 0 Å². The largest absolute Gasteiger partial charge is 0.436 e. The van der Waals surface area contributed by atoms with Crippen molar-refractivity contribution in [2.45, 2.75) is 0 Å². The topological polar surface area (TPSA) is 43.9 Å². The van der Waals surface area contributed by atoms with Crippen LogP contribution in [0.1, 0.15) is 0 Å². The molecule has 3 heterocycles. The van der Waals surface area contributed by atoms with E-state index in [0.29, 0.717) is 5.71 Å². The van der Waals surface area contributed by atoms with Gasteiger partial charge >= 0.3 is 0 Å². The molecule has 0 fully saturated rings. The zero-order valence-electron chi connectivity index (χ0n) is 29.0. The van der Waals surface area contributed by atoms with E-state index < -0.39 is 0 Å². The summed E-state index contributed by atoms with van der Waals surface area (Å²) in [5.74, 6) is 0. The summed E-state index contributed by atoms with van der Waals surface area (Å²) in [5.41, 5.74) is 11.4. The lowest BCUT2D eigenvalue weighted by atomic mass is 9.91. The third kappa shape index (κ3) is 4.13. The second-order valence-corrected chi connectivity index (χ2v) is 14.1. The highest BCUT2D eigenvalue weighted by molar-refractivity contribution is 6.39. The Morgan fingerprint density at radius 2 is 1.02 bits per heavy atom. The van der Waals surface area contributed by atoms with E-state index in [9.17, 15) is 0 Å². The molecule has 54 heavy (non-hydrogen) atoms. The van der Waals surface area contributed by atoms with Gasteiger partial charge in [0, 0.05) is 38.4 Å². The van der Waals surface area contributed by atoms with Gasteiger partial charge in [-0.25, -0.2) is 9.97 Å². The Hall–Kier alpha value is -7.30. The van der Waals surface area contributed by atoms with E-state index in [2.05, 4.69) is 156 Å². The molecule has 0 radical (unpaired) electrons. The zero-order chi connectivity index (χ0) is 35.3. The molecular weight excluding hydrogens is 659 g/mol. The van der Waals surface area contributed by atoms with Crippen molar-refractivity contribution in [1.82, 2.24) is 14.5 Å². The van der Waals surface area contributed by atoms with E-state index in [1.807, 2.05) is 24.3 Å². The Labute approximate surface area is 309 Å². The van der Waals surface area contributed by atoms with Gasteiger partial charge in [0.15, 0.2) is 0 Å². The molecule has 0 unspecified atom stereocenters. The molecule has 0 saturated carbocycles. The highest BCUT2D eigenvalue weighted by Crippen LogP contribution is 2.47. The zero-order valence-corrected chi connectivity index (χ0v) is 29.0. The van der Waals surface area contributed by atoms with Crippen molar-refractivity contribution in [1.29, 1.82) is 0 Å². The quantitative estimate of drug-likeness (QED) is 0.173. The Kier molecular flexibility index (Phi) is 6.02. The summed E-state index contributed by atoms with van der Waals surface area (Å²) in [5, 5.41) is 11.2. The van der Waals surface area contributed by atoms with E-state index in [1.54, 1.807) is 0 Å². The molecule has 3 aromatic heterocycles. The molecule has 0 bridgehead atoms. The number of furan rings is 1. The summed E-state index contributed by atoms with van der Waals surface area (Å²) in [6.07, 6.45) is 0. The van der Waals surface area contributed by atoms with Crippen LogP contribution in [0.5, 0.6) is 0 Å². The maximum atomic E-state index is 6.29. The fraction of sp³-hybridized carbons (Fsp3) is 0. The summed E-state index contributed by atoms with van der Waals surface area (Å²) >= 11 is 0. The first-order valence-electron chi connectivity index (χ1n) is 18.3. The van der Waals surface area contributed by atoms with Crippen LogP contribution < -0.4 is 0 Å². The van der Waals surface area contributed by atoms with Gasteiger partial charge in [0.25, 0.3) is 0 Å². The first-order chi connectivity index (χ1) is 26.8. The first-order valence-corrected chi connectivity index (χ1v) is 18.3. The van der Waals surface area contributed by atoms with Crippen LogP contribution in [0.15, 0.2) is 180 Å². The third-order valence-electron chi connectivity index (χ3n) is 11.1. The van der Waals surface area contributed by atoms with Gasteiger partial charge in [-0.3, -0.25) is 0 Å². The second kappa shape index (κ2) is 11.1. The Morgan fingerprint density at radius 3 is 1.89 bits per heavy atom. The average molecular weight is 688 g/mol. The molecule has 0 atom stereocenters. The Balaban J connectivity index is 1.13. The summed E-state index contributed by atoms with van der Waals surface area (Å²) in [6.45, 7) is 0. The minimum Gasteiger partial charge on any atom is -0.436 e. The van der Waals surface area contributed by atoms with E-state index in [-0.39, 0.29) is 0 Å². The number of aromatic nitrogens is 3. The highest BCUT2D eigenvalue weighted by atomic mass is 16.3. The smallest absolute Gasteiger partial charge is 0.246 e. The number of nitrogens with zero attached hydrogens (tertiary/aromatic N) is 3. The van der Waals surface area contributed by atoms with Crippen LogP contribution >= 0.6 is 0 Å². The predicted molar refractivity (Wildman–Crippen MR) is 224 cm³/mol. The number of hydrogen-bond donors (Lipinski definition) is 0. The van der Waals surface area contributed by atoms with Crippen LogP contribution in [-0.2, 0) is 0 Å². The fourth-order valence-electron chi connectivity index (χ4n) is 8.77. The van der Waals surface area contributed by atoms with Gasteiger partial charge in [0.2, 0.25) is 5.71 Å². The lowest BCUT2D eigenvalue weighted by molar-refractivity contribution is 0.653. The van der Waals surface area contributed by atoms with Gasteiger partial charge in [0.05, 0.1) is 16.7 Å². The van der Waals surface area contributed by atoms with Gasteiger partial charge < -0.3 is 8.98 Å². The molecule has 12 rings (SSSR count). The Morgan fingerprint density at radius 1 is 0.389 bits per heavy atom. The molecule has 0 saturated heterocycles. The van der Waals surface area contributed by atoms with E-state index in [0.717, 1.165) is 50.3 Å². The van der Waals surface area contributed by atoms with Crippen molar-refractivity contribution < 1.29 is 4.42 Å². The average Bonchev–Trinajstić information content (AvgIpc) is 3.78. The first kappa shape index (κ1) is 29.3. The van der Waals surface area contributed by atoms with Crippen LogP contribution in [0, 0.1) is 0 Å². The summed E-state index contributed by atoms with van der Waals surface area (Å²) < 4.78 is 8.73. The molecule has 9 aromatic carbocycles. The second-order valence-electron chi connectivity index (χ2n) is 14.1. The van der Waals surface area contributed by atoms with Crippen LogP contribution in [0.3, 0.4) is 0 Å². The summed E-state index contributed by atoms with van der Waals surface area (Å²) in [7, 11) is 0. The molecule has 4 heteroatoms. The molecular formula is C50H29N3O. The fourth-order valence-corrected chi connectivity index (χ4v) is 8.77. The van der Waals surface area contributed by atoms with Gasteiger partial charge in [-0.05, 0) is 74.5 Å². The van der Waals surface area contributed by atoms with Gasteiger partial charge in [0.1, 0.15) is 16.8 Å². The maximum Gasteiger partial charge on any atom is 0.246 e. The molecule has 0 amide bonds. The van der Waals surface area contributed by atoms with Gasteiger partial charge in [-0.15, -0.1) is 0 Å². The molecule has 0 aliphatic heterocycles. The van der Waals surface area contributed by atoms with Crippen molar-refractivity contribution >= 4 is 76.3 Å². The van der Waals surface area contributed by atoms with Crippen molar-refractivity contribution in [2.75, 3.05) is 0 Å². The molecule has 12 aromatic rings. The number of hydrogen-bond acceptors (Lipinski definition) is 3. The van der Waals surface area contributed by atoms with Crippen LogP contribution in [0.4, 0.5) is 0 Å². The number of fused-ring (bicyclic) bond motifs is 8. The SMILES string of the molecule is c1ccc(-c2ccc(-c3nc4oc5ccccc5c4nc3-c3cccc(-n4c5cccc6c7ccccc7c7c8ccccc8cc4c7c65)c3)cc2)cc1. The van der Waals surface area contributed by atoms with E-state index in [1.165, 1.54) is 59.7 Å². The van der Waals surface area contributed by atoms with Gasteiger partial charge in [-0.2, -0.15) is 0 Å². The number of benzene rings is 9. The molecule has 0 aliphatic carbocycles. The molecule has 0 N–H and O–H groups in total. The Bertz CT molecular complexity index is 3420. The highest BCUT2D eigenvalue weighted by Gasteiger charge is 2.23. The predicted octanol–water partition coefficient (Wildman–Crippen LogP) is 13.4. The third-order valence-corrected chi connectivity index (χ3v) is 11.1. The number of rotatable bonds is 4. The van der Waals surface area contributed by atoms with Crippen molar-refractivity contribution in [3.63, 3.8) is 0 Å². The minimum absolute atomic E-state index is 0.533. The monoisotopic (exact) mass is 687 g/mol. The van der Waals surface area contributed by atoms with Gasteiger partial charge in [-0.1, -0.05) is 140 Å². The normalized spacial score (nSPS) is 12.1. The van der Waals surface area contributed by atoms with E-state index >= 15 is 0 Å². The lowest BCUT2D eigenvalue weighted by Gasteiger charge is -2.13. The molecule has 4 nitrogen and oxygen atoms in total. The number of para-hydroxylation sites is 1. The standard InChI is InChI=1S/C50H29N3O/c1-2-12-30(13-3-1)31-24-26-32(27-25-31)47-48(51-49-40-20-8-9-23-43(40)54-50(49)52-47)34-15-10-16-35(28-34)53-41-22-11-21-39-37-18-6-7-19-38(37)44-36-17-5-4-14-33(36)29-42(53)46(44)45(39)41/h1-29H. The van der Waals surface area contributed by atoms with Crippen molar-refractivity contribution in [3.8, 4) is 39.3 Å². The molecule has 0 spiro atoms. The lowest BCUT2D eigenvalue weighted by Crippen LogP contribution is -1.97. The minimum atomic E-state index is 0.533. The van der Waals surface area contributed by atoms with Crippen LogP contribution in [0.2, 0.25) is 0 Å².